The molecule has 0 aromatic heterocycles. The number of ether oxygens (including phenoxy) is 1. The van der Waals surface area contributed by atoms with Crippen molar-refractivity contribution in [2.45, 2.75) is 19.1 Å². The van der Waals surface area contributed by atoms with Gasteiger partial charge in [-0.05, 0) is 31.3 Å². The fourth-order valence-electron chi connectivity index (χ4n) is 2.73. The zero-order chi connectivity index (χ0) is 13.7. The summed E-state index contributed by atoms with van der Waals surface area (Å²) in [6.07, 6.45) is 0.132. The Morgan fingerprint density at radius 1 is 1.53 bits per heavy atom. The van der Waals surface area contributed by atoms with Crippen molar-refractivity contribution < 1.29 is 4.74 Å². The molecule has 1 saturated heterocycles. The molecule has 0 aliphatic carbocycles. The Morgan fingerprint density at radius 2 is 2.37 bits per heavy atom. The van der Waals surface area contributed by atoms with Crippen LogP contribution in [0, 0.1) is 11.3 Å². The van der Waals surface area contributed by atoms with Crippen molar-refractivity contribution in [1.29, 1.82) is 5.26 Å². The van der Waals surface area contributed by atoms with Gasteiger partial charge < -0.3 is 10.1 Å². The highest BCUT2D eigenvalue weighted by Gasteiger charge is 2.32. The zero-order valence-electron chi connectivity index (χ0n) is 11.6. The average Bonchev–Trinajstić information content (AvgIpc) is 2.47. The van der Waals surface area contributed by atoms with Crippen LogP contribution in [0.2, 0.25) is 0 Å². The van der Waals surface area contributed by atoms with Gasteiger partial charge in [0.05, 0.1) is 30.4 Å². The Hall–Kier alpha value is -1.41. The normalized spacial score (nSPS) is 24.1. The average molecular weight is 259 g/mol. The second kappa shape index (κ2) is 6.67. The highest BCUT2D eigenvalue weighted by molar-refractivity contribution is 5.35. The number of likely N-dealkylation sites (N-methyl/N-ethyl adjacent to an activating group) is 2. The molecule has 102 valence electrons. The van der Waals surface area contributed by atoms with Crippen LogP contribution in [0.1, 0.15) is 24.1 Å². The van der Waals surface area contributed by atoms with Crippen molar-refractivity contribution in [2.75, 3.05) is 33.3 Å². The largest absolute Gasteiger partial charge is 0.374 e. The van der Waals surface area contributed by atoms with E-state index >= 15 is 0 Å². The van der Waals surface area contributed by atoms with E-state index < -0.39 is 0 Å². The molecule has 4 heteroatoms. The van der Waals surface area contributed by atoms with E-state index in [1.807, 2.05) is 25.2 Å². The summed E-state index contributed by atoms with van der Waals surface area (Å²) in [5, 5.41) is 12.2. The summed E-state index contributed by atoms with van der Waals surface area (Å²) in [6, 6.07) is 10.3. The minimum absolute atomic E-state index is 0.132. The minimum atomic E-state index is 0.132. The minimum Gasteiger partial charge on any atom is -0.374 e. The van der Waals surface area contributed by atoms with E-state index in [1.54, 1.807) is 0 Å². The van der Waals surface area contributed by atoms with E-state index in [0.717, 1.165) is 26.2 Å². The Balaban J connectivity index is 2.31. The maximum absolute atomic E-state index is 9.05. The first kappa shape index (κ1) is 14.0. The van der Waals surface area contributed by atoms with E-state index in [-0.39, 0.29) is 12.1 Å². The number of hydrogen-bond donors (Lipinski definition) is 1. The molecule has 0 saturated carbocycles. The molecule has 2 rings (SSSR count). The molecule has 0 amide bonds. The third kappa shape index (κ3) is 3.13. The van der Waals surface area contributed by atoms with Gasteiger partial charge in [-0.25, -0.2) is 0 Å². The highest BCUT2D eigenvalue weighted by atomic mass is 16.5. The first-order valence-corrected chi connectivity index (χ1v) is 6.80. The number of nitrogens with zero attached hydrogens (tertiary/aromatic N) is 2. The number of morpholine rings is 1. The topological polar surface area (TPSA) is 48.3 Å². The van der Waals surface area contributed by atoms with Crippen molar-refractivity contribution in [1.82, 2.24) is 10.2 Å². The molecule has 1 heterocycles. The Kier molecular flexibility index (Phi) is 4.92. The molecule has 1 fully saturated rings. The fourth-order valence-corrected chi connectivity index (χ4v) is 2.73. The van der Waals surface area contributed by atoms with E-state index in [1.165, 1.54) is 5.56 Å². The summed E-state index contributed by atoms with van der Waals surface area (Å²) in [5.74, 6) is 0. The van der Waals surface area contributed by atoms with Crippen LogP contribution in [0.15, 0.2) is 24.3 Å². The highest BCUT2D eigenvalue weighted by Crippen LogP contribution is 2.29. The molecule has 4 nitrogen and oxygen atoms in total. The monoisotopic (exact) mass is 259 g/mol. The van der Waals surface area contributed by atoms with E-state index in [2.05, 4.69) is 29.3 Å². The predicted octanol–water partition coefficient (Wildman–Crippen LogP) is 1.54. The van der Waals surface area contributed by atoms with Crippen LogP contribution in [0.3, 0.4) is 0 Å². The number of nitrogens with one attached hydrogen (secondary N) is 1. The zero-order valence-corrected chi connectivity index (χ0v) is 11.6. The molecule has 0 bridgehead atoms. The van der Waals surface area contributed by atoms with E-state index in [4.69, 9.17) is 10.00 Å². The molecule has 2 atom stereocenters. The Bertz CT molecular complexity index is 453. The SMILES string of the molecule is CCN1CCOC(CNC)C1c1cccc(C#N)c1. The van der Waals surface area contributed by atoms with Crippen LogP contribution in [0.25, 0.3) is 0 Å². The van der Waals surface area contributed by atoms with E-state index in [0.29, 0.717) is 5.56 Å². The molecule has 1 aromatic rings. The van der Waals surface area contributed by atoms with Crippen molar-refractivity contribution in [2.24, 2.45) is 0 Å². The van der Waals surface area contributed by atoms with Crippen molar-refractivity contribution in [3.8, 4) is 6.07 Å². The molecule has 1 aromatic carbocycles. The summed E-state index contributed by atoms with van der Waals surface area (Å²) in [6.45, 7) is 5.69. The molecular formula is C15H21N3O. The Labute approximate surface area is 115 Å². The number of rotatable bonds is 4. The van der Waals surface area contributed by atoms with Gasteiger partial charge in [-0.2, -0.15) is 5.26 Å². The second-order valence-electron chi connectivity index (χ2n) is 4.78. The van der Waals surface area contributed by atoms with Crippen LogP contribution in [0.5, 0.6) is 0 Å². The smallest absolute Gasteiger partial charge is 0.0991 e. The van der Waals surface area contributed by atoms with Crippen LogP contribution in [0.4, 0.5) is 0 Å². The summed E-state index contributed by atoms with van der Waals surface area (Å²) in [5.41, 5.74) is 1.88. The van der Waals surface area contributed by atoms with E-state index in [9.17, 15) is 0 Å². The van der Waals surface area contributed by atoms with Gasteiger partial charge in [0.25, 0.3) is 0 Å². The number of hydrogen-bond acceptors (Lipinski definition) is 4. The third-order valence-electron chi connectivity index (χ3n) is 3.62. The lowest BCUT2D eigenvalue weighted by molar-refractivity contribution is -0.0686. The summed E-state index contributed by atoms with van der Waals surface area (Å²) < 4.78 is 5.90. The number of benzene rings is 1. The molecule has 1 aliphatic rings. The third-order valence-corrected chi connectivity index (χ3v) is 3.62. The van der Waals surface area contributed by atoms with Crippen LogP contribution < -0.4 is 5.32 Å². The van der Waals surface area contributed by atoms with Gasteiger partial charge in [0, 0.05) is 13.1 Å². The van der Waals surface area contributed by atoms with Crippen molar-refractivity contribution in [3.05, 3.63) is 35.4 Å². The van der Waals surface area contributed by atoms with Gasteiger partial charge in [-0.1, -0.05) is 19.1 Å². The van der Waals surface area contributed by atoms with Gasteiger partial charge in [-0.15, -0.1) is 0 Å². The second-order valence-corrected chi connectivity index (χ2v) is 4.78. The van der Waals surface area contributed by atoms with Crippen molar-refractivity contribution in [3.63, 3.8) is 0 Å². The Morgan fingerprint density at radius 3 is 3.05 bits per heavy atom. The lowest BCUT2D eigenvalue weighted by Gasteiger charge is -2.41. The van der Waals surface area contributed by atoms with Gasteiger partial charge in [0.2, 0.25) is 0 Å². The summed E-state index contributed by atoms with van der Waals surface area (Å²) in [7, 11) is 1.94. The number of nitriles is 1. The molecular weight excluding hydrogens is 238 g/mol. The van der Waals surface area contributed by atoms with Crippen LogP contribution in [-0.2, 0) is 4.74 Å². The van der Waals surface area contributed by atoms with Gasteiger partial charge in [0.15, 0.2) is 0 Å². The first-order chi connectivity index (χ1) is 9.30. The maximum Gasteiger partial charge on any atom is 0.0991 e. The van der Waals surface area contributed by atoms with Crippen molar-refractivity contribution >= 4 is 0 Å². The lowest BCUT2D eigenvalue weighted by atomic mass is 9.96. The molecule has 1 N–H and O–H groups in total. The van der Waals surface area contributed by atoms with Gasteiger partial charge in [0.1, 0.15) is 0 Å². The summed E-state index contributed by atoms with van der Waals surface area (Å²) >= 11 is 0. The van der Waals surface area contributed by atoms with Crippen LogP contribution >= 0.6 is 0 Å². The molecule has 0 radical (unpaired) electrons. The maximum atomic E-state index is 9.05. The molecule has 0 spiro atoms. The molecule has 2 unspecified atom stereocenters. The van der Waals surface area contributed by atoms with Gasteiger partial charge >= 0.3 is 0 Å². The first-order valence-electron chi connectivity index (χ1n) is 6.80. The van der Waals surface area contributed by atoms with Gasteiger partial charge in [-0.3, -0.25) is 4.90 Å². The standard InChI is InChI=1S/C15H21N3O/c1-3-18-7-8-19-14(11-17-2)15(18)13-6-4-5-12(9-13)10-16/h4-6,9,14-15,17H,3,7-8,11H2,1-2H3. The van der Waals surface area contributed by atoms with Crippen LogP contribution in [-0.4, -0.2) is 44.3 Å². The quantitative estimate of drug-likeness (QED) is 0.891. The predicted molar refractivity (Wildman–Crippen MR) is 74.8 cm³/mol. The molecule has 1 aliphatic heterocycles. The molecule has 19 heavy (non-hydrogen) atoms. The lowest BCUT2D eigenvalue weighted by Crippen LogP contribution is -2.48. The fraction of sp³-hybridized carbons (Fsp3) is 0.533. The summed E-state index contributed by atoms with van der Waals surface area (Å²) in [4.78, 5) is 2.42.